The van der Waals surface area contributed by atoms with E-state index in [4.69, 9.17) is 22.1 Å². The second-order valence-corrected chi connectivity index (χ2v) is 5.48. The van der Waals surface area contributed by atoms with E-state index in [1.165, 1.54) is 0 Å². The van der Waals surface area contributed by atoms with Gasteiger partial charge in [0.25, 0.3) is 0 Å². The third-order valence-electron chi connectivity index (χ3n) is 2.48. The molecule has 0 atom stereocenters. The lowest BCUT2D eigenvalue weighted by atomic mass is 10.1. The SMILES string of the molecule is NCCc1cccc(Cl)c1Oc1cccc(I)c1. The van der Waals surface area contributed by atoms with Crippen molar-refractivity contribution in [1.29, 1.82) is 0 Å². The molecule has 0 aliphatic carbocycles. The summed E-state index contributed by atoms with van der Waals surface area (Å²) in [4.78, 5) is 0. The fourth-order valence-corrected chi connectivity index (χ4v) is 2.42. The summed E-state index contributed by atoms with van der Waals surface area (Å²) in [5.41, 5.74) is 6.63. The molecule has 94 valence electrons. The van der Waals surface area contributed by atoms with Crippen molar-refractivity contribution < 1.29 is 4.74 Å². The van der Waals surface area contributed by atoms with Crippen molar-refractivity contribution in [3.05, 3.63) is 56.6 Å². The maximum absolute atomic E-state index is 6.19. The van der Waals surface area contributed by atoms with Crippen molar-refractivity contribution in [3.8, 4) is 11.5 Å². The summed E-state index contributed by atoms with van der Waals surface area (Å²) in [6.45, 7) is 0.572. The molecule has 0 fully saturated rings. The van der Waals surface area contributed by atoms with Crippen molar-refractivity contribution >= 4 is 34.2 Å². The molecular weight excluding hydrogens is 361 g/mol. The van der Waals surface area contributed by atoms with E-state index in [0.29, 0.717) is 17.3 Å². The first-order valence-electron chi connectivity index (χ1n) is 5.61. The summed E-state index contributed by atoms with van der Waals surface area (Å²) in [5.74, 6) is 1.49. The zero-order chi connectivity index (χ0) is 13.0. The van der Waals surface area contributed by atoms with Crippen molar-refractivity contribution in [2.45, 2.75) is 6.42 Å². The zero-order valence-electron chi connectivity index (χ0n) is 9.70. The topological polar surface area (TPSA) is 35.2 Å². The lowest BCUT2D eigenvalue weighted by molar-refractivity contribution is 0.476. The van der Waals surface area contributed by atoms with E-state index in [9.17, 15) is 0 Å². The van der Waals surface area contributed by atoms with E-state index in [2.05, 4.69) is 22.6 Å². The van der Waals surface area contributed by atoms with E-state index in [1.807, 2.05) is 42.5 Å². The summed E-state index contributed by atoms with van der Waals surface area (Å²) in [6.07, 6.45) is 0.750. The smallest absolute Gasteiger partial charge is 0.149 e. The summed E-state index contributed by atoms with van der Waals surface area (Å²) >= 11 is 8.44. The molecule has 0 spiro atoms. The van der Waals surface area contributed by atoms with Crippen LogP contribution in [0.3, 0.4) is 0 Å². The zero-order valence-corrected chi connectivity index (χ0v) is 12.6. The number of nitrogens with two attached hydrogens (primary N) is 1. The Morgan fingerprint density at radius 3 is 2.67 bits per heavy atom. The van der Waals surface area contributed by atoms with Gasteiger partial charge >= 0.3 is 0 Å². The first-order valence-corrected chi connectivity index (χ1v) is 7.07. The Bertz CT molecular complexity index is 545. The van der Waals surface area contributed by atoms with Crippen LogP contribution in [0.1, 0.15) is 5.56 Å². The van der Waals surface area contributed by atoms with E-state index >= 15 is 0 Å². The number of hydrogen-bond acceptors (Lipinski definition) is 2. The van der Waals surface area contributed by atoms with Gasteiger partial charge in [0.1, 0.15) is 11.5 Å². The second kappa shape index (κ2) is 6.41. The predicted octanol–water partition coefficient (Wildman–Crippen LogP) is 4.24. The van der Waals surface area contributed by atoms with Gasteiger partial charge in [-0.15, -0.1) is 0 Å². The van der Waals surface area contributed by atoms with Gasteiger partial charge in [-0.25, -0.2) is 0 Å². The van der Waals surface area contributed by atoms with Crippen molar-refractivity contribution in [3.63, 3.8) is 0 Å². The molecular formula is C14H13ClINO. The fourth-order valence-electron chi connectivity index (χ4n) is 1.67. The van der Waals surface area contributed by atoms with Crippen molar-refractivity contribution in [2.24, 2.45) is 5.73 Å². The van der Waals surface area contributed by atoms with Crippen LogP contribution in [0.4, 0.5) is 0 Å². The molecule has 18 heavy (non-hydrogen) atoms. The molecule has 0 amide bonds. The van der Waals surface area contributed by atoms with Gasteiger partial charge in [-0.2, -0.15) is 0 Å². The minimum Gasteiger partial charge on any atom is -0.455 e. The molecule has 0 unspecified atom stereocenters. The Morgan fingerprint density at radius 1 is 1.17 bits per heavy atom. The average molecular weight is 374 g/mol. The highest BCUT2D eigenvalue weighted by Crippen LogP contribution is 2.33. The number of hydrogen-bond donors (Lipinski definition) is 1. The van der Waals surface area contributed by atoms with Crippen LogP contribution in [0.2, 0.25) is 5.02 Å². The quantitative estimate of drug-likeness (QED) is 0.814. The third-order valence-corrected chi connectivity index (χ3v) is 3.45. The Balaban J connectivity index is 2.33. The number of para-hydroxylation sites is 1. The third kappa shape index (κ3) is 3.37. The first-order chi connectivity index (χ1) is 8.70. The van der Waals surface area contributed by atoms with Crippen molar-refractivity contribution in [1.82, 2.24) is 0 Å². The highest BCUT2D eigenvalue weighted by molar-refractivity contribution is 14.1. The fraction of sp³-hybridized carbons (Fsp3) is 0.143. The molecule has 0 saturated heterocycles. The molecule has 0 radical (unpaired) electrons. The van der Waals surface area contributed by atoms with E-state index in [0.717, 1.165) is 21.3 Å². The molecule has 4 heteroatoms. The Labute approximate surface area is 125 Å². The molecule has 0 heterocycles. The van der Waals surface area contributed by atoms with Crippen LogP contribution < -0.4 is 10.5 Å². The number of rotatable bonds is 4. The van der Waals surface area contributed by atoms with Crippen LogP contribution >= 0.6 is 34.2 Å². The molecule has 0 bridgehead atoms. The summed E-state index contributed by atoms with van der Waals surface area (Å²) in [6, 6.07) is 13.6. The van der Waals surface area contributed by atoms with Crippen LogP contribution in [0, 0.1) is 3.57 Å². The largest absolute Gasteiger partial charge is 0.455 e. The molecule has 2 aromatic rings. The van der Waals surface area contributed by atoms with E-state index in [-0.39, 0.29) is 0 Å². The van der Waals surface area contributed by atoms with Crippen LogP contribution in [0.25, 0.3) is 0 Å². The minimum atomic E-state index is 0.572. The Morgan fingerprint density at radius 2 is 1.94 bits per heavy atom. The highest BCUT2D eigenvalue weighted by Gasteiger charge is 2.09. The first kappa shape index (κ1) is 13.6. The molecule has 0 aliphatic rings. The monoisotopic (exact) mass is 373 g/mol. The highest BCUT2D eigenvalue weighted by atomic mass is 127. The molecule has 2 N–H and O–H groups in total. The van der Waals surface area contributed by atoms with Gasteiger partial charge in [0.05, 0.1) is 5.02 Å². The van der Waals surface area contributed by atoms with Gasteiger partial charge < -0.3 is 10.5 Å². The minimum absolute atomic E-state index is 0.572. The summed E-state index contributed by atoms with van der Waals surface area (Å²) in [5, 5.41) is 0.611. The molecule has 0 saturated carbocycles. The van der Waals surface area contributed by atoms with Gasteiger partial charge in [-0.3, -0.25) is 0 Å². The van der Waals surface area contributed by atoms with Crippen LogP contribution in [0.5, 0.6) is 11.5 Å². The number of benzene rings is 2. The van der Waals surface area contributed by atoms with Crippen LogP contribution in [-0.2, 0) is 6.42 Å². The second-order valence-electron chi connectivity index (χ2n) is 3.83. The van der Waals surface area contributed by atoms with E-state index < -0.39 is 0 Å². The average Bonchev–Trinajstić information content (AvgIpc) is 2.34. The van der Waals surface area contributed by atoms with Gasteiger partial charge in [-0.05, 0) is 65.4 Å². The lowest BCUT2D eigenvalue weighted by Crippen LogP contribution is -2.04. The molecule has 0 aliphatic heterocycles. The molecule has 2 aromatic carbocycles. The summed E-state index contributed by atoms with van der Waals surface area (Å²) < 4.78 is 7.00. The molecule has 2 rings (SSSR count). The Hall–Kier alpha value is -0.780. The number of halogens is 2. The predicted molar refractivity (Wildman–Crippen MR) is 83.4 cm³/mol. The van der Waals surface area contributed by atoms with Crippen LogP contribution in [0.15, 0.2) is 42.5 Å². The maximum Gasteiger partial charge on any atom is 0.149 e. The molecule has 2 nitrogen and oxygen atoms in total. The van der Waals surface area contributed by atoms with Gasteiger partial charge in [0, 0.05) is 3.57 Å². The molecule has 0 aromatic heterocycles. The number of ether oxygens (including phenoxy) is 1. The van der Waals surface area contributed by atoms with Gasteiger partial charge in [0.15, 0.2) is 0 Å². The maximum atomic E-state index is 6.19. The Kier molecular flexibility index (Phi) is 4.86. The van der Waals surface area contributed by atoms with Gasteiger partial charge in [0.2, 0.25) is 0 Å². The standard InChI is InChI=1S/C14H13ClINO/c15-13-6-1-3-10(7-8-17)14(13)18-12-5-2-4-11(16)9-12/h1-6,9H,7-8,17H2. The van der Waals surface area contributed by atoms with E-state index in [1.54, 1.807) is 0 Å². The lowest BCUT2D eigenvalue weighted by Gasteiger charge is -2.12. The van der Waals surface area contributed by atoms with Crippen molar-refractivity contribution in [2.75, 3.05) is 6.54 Å². The van der Waals surface area contributed by atoms with Crippen LogP contribution in [-0.4, -0.2) is 6.54 Å². The van der Waals surface area contributed by atoms with Gasteiger partial charge in [-0.1, -0.05) is 29.8 Å². The normalized spacial score (nSPS) is 10.4. The summed E-state index contributed by atoms with van der Waals surface area (Å²) in [7, 11) is 0.